The first-order valence-corrected chi connectivity index (χ1v) is 9.20. The molecule has 3 heteroatoms. The van der Waals surface area contributed by atoms with Gasteiger partial charge in [-0.3, -0.25) is 4.90 Å². The van der Waals surface area contributed by atoms with E-state index >= 15 is 0 Å². The summed E-state index contributed by atoms with van der Waals surface area (Å²) in [5.74, 6) is 0.937. The summed E-state index contributed by atoms with van der Waals surface area (Å²) in [5, 5.41) is 5.92. The molecule has 2 fully saturated rings. The van der Waals surface area contributed by atoms with Crippen LogP contribution in [0.5, 0.6) is 0 Å². The Kier molecular flexibility index (Phi) is 5.14. The molecule has 0 radical (unpaired) electrons. The Hall–Kier alpha value is -0.380. The van der Waals surface area contributed by atoms with Gasteiger partial charge in [0.25, 0.3) is 0 Å². The lowest BCUT2D eigenvalue weighted by Crippen LogP contribution is -2.58. The van der Waals surface area contributed by atoms with Crippen LogP contribution in [0.15, 0.2) is 17.5 Å². The molecule has 20 heavy (non-hydrogen) atoms. The molecule has 0 aromatic carbocycles. The van der Waals surface area contributed by atoms with E-state index in [-0.39, 0.29) is 0 Å². The van der Waals surface area contributed by atoms with Crippen molar-refractivity contribution in [3.05, 3.63) is 22.4 Å². The van der Waals surface area contributed by atoms with Crippen LogP contribution < -0.4 is 5.32 Å². The highest BCUT2D eigenvalue weighted by Crippen LogP contribution is 2.30. The summed E-state index contributed by atoms with van der Waals surface area (Å²) >= 11 is 1.91. The third-order valence-corrected chi connectivity index (χ3v) is 6.01. The molecule has 1 saturated heterocycles. The molecule has 112 valence electrons. The van der Waals surface area contributed by atoms with Crippen molar-refractivity contribution in [2.75, 3.05) is 19.6 Å². The maximum Gasteiger partial charge on any atom is 0.0249 e. The van der Waals surface area contributed by atoms with Crippen LogP contribution in [-0.4, -0.2) is 36.6 Å². The van der Waals surface area contributed by atoms with Gasteiger partial charge >= 0.3 is 0 Å². The van der Waals surface area contributed by atoms with Gasteiger partial charge in [-0.15, -0.1) is 11.3 Å². The van der Waals surface area contributed by atoms with Crippen molar-refractivity contribution in [2.45, 2.75) is 57.5 Å². The van der Waals surface area contributed by atoms with E-state index in [9.17, 15) is 0 Å². The summed E-state index contributed by atoms with van der Waals surface area (Å²) in [6.45, 7) is 6.01. The summed E-state index contributed by atoms with van der Waals surface area (Å²) in [4.78, 5) is 4.33. The first-order valence-electron chi connectivity index (χ1n) is 8.33. The highest BCUT2D eigenvalue weighted by Gasteiger charge is 2.32. The molecule has 2 heterocycles. The molecule has 1 saturated carbocycles. The average molecular weight is 292 g/mol. The standard InChI is InChI=1S/C17H28N2S/c1-14-13-19(10-9-16-8-5-11-20-16)17(12-18-14)15-6-3-2-4-7-15/h5,8,11,14-15,17-18H,2-4,6-7,9-10,12-13H2,1H3. The monoisotopic (exact) mass is 292 g/mol. The Balaban J connectivity index is 1.60. The number of thiophene rings is 1. The van der Waals surface area contributed by atoms with E-state index in [0.717, 1.165) is 12.0 Å². The Morgan fingerprint density at radius 3 is 2.90 bits per heavy atom. The van der Waals surface area contributed by atoms with Crippen LogP contribution in [0.1, 0.15) is 43.9 Å². The van der Waals surface area contributed by atoms with Crippen molar-refractivity contribution in [3.8, 4) is 0 Å². The smallest absolute Gasteiger partial charge is 0.0249 e. The summed E-state index contributed by atoms with van der Waals surface area (Å²) in [6, 6.07) is 5.90. The highest BCUT2D eigenvalue weighted by atomic mass is 32.1. The quantitative estimate of drug-likeness (QED) is 0.913. The van der Waals surface area contributed by atoms with Crippen molar-refractivity contribution >= 4 is 11.3 Å². The zero-order chi connectivity index (χ0) is 13.8. The fourth-order valence-corrected chi connectivity index (χ4v) is 4.65. The van der Waals surface area contributed by atoms with Gasteiger partial charge in [-0.2, -0.15) is 0 Å². The molecule has 1 aliphatic carbocycles. The fraction of sp³-hybridized carbons (Fsp3) is 0.765. The first-order chi connectivity index (χ1) is 9.83. The second-order valence-corrected chi connectivity index (χ2v) is 7.63. The molecule has 0 amide bonds. The molecule has 1 aliphatic heterocycles. The van der Waals surface area contributed by atoms with Crippen molar-refractivity contribution in [1.82, 2.24) is 10.2 Å². The Labute approximate surface area is 127 Å². The third kappa shape index (κ3) is 3.63. The molecule has 2 aliphatic rings. The molecule has 1 aromatic heterocycles. The summed E-state index contributed by atoms with van der Waals surface area (Å²) in [5.41, 5.74) is 0. The van der Waals surface area contributed by atoms with E-state index in [2.05, 4.69) is 34.7 Å². The van der Waals surface area contributed by atoms with Crippen LogP contribution in [0.25, 0.3) is 0 Å². The fourth-order valence-electron chi connectivity index (χ4n) is 3.95. The molecule has 1 N–H and O–H groups in total. The second kappa shape index (κ2) is 7.06. The van der Waals surface area contributed by atoms with Gasteiger partial charge in [0, 0.05) is 36.6 Å². The largest absolute Gasteiger partial charge is 0.311 e. The minimum absolute atomic E-state index is 0.651. The van der Waals surface area contributed by atoms with Gasteiger partial charge in [-0.05, 0) is 43.6 Å². The topological polar surface area (TPSA) is 15.3 Å². The van der Waals surface area contributed by atoms with E-state index in [0.29, 0.717) is 6.04 Å². The zero-order valence-electron chi connectivity index (χ0n) is 12.7. The molecule has 2 unspecified atom stereocenters. The van der Waals surface area contributed by atoms with Crippen molar-refractivity contribution in [1.29, 1.82) is 0 Å². The van der Waals surface area contributed by atoms with E-state index in [1.54, 1.807) is 4.88 Å². The second-order valence-electron chi connectivity index (χ2n) is 6.60. The van der Waals surface area contributed by atoms with E-state index in [1.807, 2.05) is 11.3 Å². The SMILES string of the molecule is CC1CN(CCc2cccs2)C(C2CCCCC2)CN1. The average Bonchev–Trinajstić information content (AvgIpc) is 2.99. The van der Waals surface area contributed by atoms with Crippen LogP contribution in [0, 0.1) is 5.92 Å². The van der Waals surface area contributed by atoms with Gasteiger partial charge < -0.3 is 5.32 Å². The van der Waals surface area contributed by atoms with E-state index in [1.165, 1.54) is 58.2 Å². The predicted octanol–water partition coefficient (Wildman–Crippen LogP) is 3.53. The minimum atomic E-state index is 0.651. The molecule has 0 bridgehead atoms. The van der Waals surface area contributed by atoms with Crippen LogP contribution >= 0.6 is 11.3 Å². The normalized spacial score (nSPS) is 29.6. The highest BCUT2D eigenvalue weighted by molar-refractivity contribution is 7.09. The predicted molar refractivity (Wildman–Crippen MR) is 87.4 cm³/mol. The van der Waals surface area contributed by atoms with Crippen molar-refractivity contribution in [2.24, 2.45) is 5.92 Å². The molecule has 1 aromatic rings. The Morgan fingerprint density at radius 1 is 1.30 bits per heavy atom. The first kappa shape index (κ1) is 14.6. The molecular weight excluding hydrogens is 264 g/mol. The number of hydrogen-bond donors (Lipinski definition) is 1. The summed E-state index contributed by atoms with van der Waals surface area (Å²) in [6.07, 6.45) is 8.51. The van der Waals surface area contributed by atoms with Crippen molar-refractivity contribution in [3.63, 3.8) is 0 Å². The number of nitrogens with zero attached hydrogens (tertiary/aromatic N) is 1. The number of piperazine rings is 1. The molecule has 2 atom stereocenters. The van der Waals surface area contributed by atoms with Gasteiger partial charge in [-0.25, -0.2) is 0 Å². The Bertz CT molecular complexity index is 384. The van der Waals surface area contributed by atoms with Gasteiger partial charge in [0.05, 0.1) is 0 Å². The van der Waals surface area contributed by atoms with Crippen LogP contribution in [0.2, 0.25) is 0 Å². The maximum atomic E-state index is 3.71. The lowest BCUT2D eigenvalue weighted by molar-refractivity contribution is 0.0766. The third-order valence-electron chi connectivity index (χ3n) is 5.07. The van der Waals surface area contributed by atoms with Crippen LogP contribution in [0.4, 0.5) is 0 Å². The molecule has 0 spiro atoms. The van der Waals surface area contributed by atoms with Crippen LogP contribution in [0.3, 0.4) is 0 Å². The zero-order valence-corrected chi connectivity index (χ0v) is 13.5. The molecular formula is C17H28N2S. The van der Waals surface area contributed by atoms with Gasteiger partial charge in [0.15, 0.2) is 0 Å². The molecule has 2 nitrogen and oxygen atoms in total. The lowest BCUT2D eigenvalue weighted by atomic mass is 9.82. The van der Waals surface area contributed by atoms with Gasteiger partial charge in [-0.1, -0.05) is 25.3 Å². The number of nitrogens with one attached hydrogen (secondary N) is 1. The van der Waals surface area contributed by atoms with Gasteiger partial charge in [0.2, 0.25) is 0 Å². The maximum absolute atomic E-state index is 3.71. The molecule has 3 rings (SSSR count). The van der Waals surface area contributed by atoms with E-state index < -0.39 is 0 Å². The Morgan fingerprint density at radius 2 is 2.15 bits per heavy atom. The number of rotatable bonds is 4. The van der Waals surface area contributed by atoms with E-state index in [4.69, 9.17) is 0 Å². The summed E-state index contributed by atoms with van der Waals surface area (Å²) in [7, 11) is 0. The van der Waals surface area contributed by atoms with Crippen LogP contribution in [-0.2, 0) is 6.42 Å². The minimum Gasteiger partial charge on any atom is -0.311 e. The number of hydrogen-bond acceptors (Lipinski definition) is 3. The van der Waals surface area contributed by atoms with Crippen molar-refractivity contribution < 1.29 is 0 Å². The summed E-state index contributed by atoms with van der Waals surface area (Å²) < 4.78 is 0. The van der Waals surface area contributed by atoms with Gasteiger partial charge in [0.1, 0.15) is 0 Å². The lowest BCUT2D eigenvalue weighted by Gasteiger charge is -2.44.